The number of methoxy groups -OCH3 is 1. The van der Waals surface area contributed by atoms with Crippen LogP contribution in [0.15, 0.2) is 23.4 Å². The topological polar surface area (TPSA) is 73.3 Å². The Balaban J connectivity index is 2.04. The standard InChI is InChI=1S/C18H21F2N3O3S/c1-10-13(11(2)22-18(21-10)27-4)6-8-16(24)23-12-5-7-14(25-3)15(9-12)26-17(19)20/h5,7,9,17H,6,8H2,1-4H3,(H,23,24). The zero-order chi connectivity index (χ0) is 20.0. The second-order valence-corrected chi connectivity index (χ2v) is 6.43. The zero-order valence-electron chi connectivity index (χ0n) is 15.5. The second-order valence-electron chi connectivity index (χ2n) is 5.65. The maximum absolute atomic E-state index is 12.5. The van der Waals surface area contributed by atoms with E-state index in [-0.39, 0.29) is 23.8 Å². The molecule has 27 heavy (non-hydrogen) atoms. The van der Waals surface area contributed by atoms with Gasteiger partial charge in [0.05, 0.1) is 7.11 Å². The van der Waals surface area contributed by atoms with Gasteiger partial charge in [0.1, 0.15) is 0 Å². The van der Waals surface area contributed by atoms with Crippen molar-refractivity contribution in [3.8, 4) is 11.5 Å². The third kappa shape index (κ3) is 5.78. The quantitative estimate of drug-likeness (QED) is 0.536. The Labute approximate surface area is 160 Å². The summed E-state index contributed by atoms with van der Waals surface area (Å²) in [5, 5.41) is 3.37. The van der Waals surface area contributed by atoms with Crippen molar-refractivity contribution in [1.29, 1.82) is 0 Å². The molecular weight excluding hydrogens is 376 g/mol. The maximum Gasteiger partial charge on any atom is 0.387 e. The van der Waals surface area contributed by atoms with Gasteiger partial charge in [0.2, 0.25) is 5.91 Å². The summed E-state index contributed by atoms with van der Waals surface area (Å²) in [5.74, 6) is -0.237. The summed E-state index contributed by atoms with van der Waals surface area (Å²) in [6.07, 6.45) is 2.59. The lowest BCUT2D eigenvalue weighted by molar-refractivity contribution is -0.116. The van der Waals surface area contributed by atoms with Gasteiger partial charge in [-0.1, -0.05) is 11.8 Å². The first-order chi connectivity index (χ1) is 12.8. The van der Waals surface area contributed by atoms with E-state index in [2.05, 4.69) is 20.0 Å². The third-order valence-corrected chi connectivity index (χ3v) is 4.40. The van der Waals surface area contributed by atoms with Crippen LogP contribution in [0.4, 0.5) is 14.5 Å². The third-order valence-electron chi connectivity index (χ3n) is 3.85. The predicted octanol–water partition coefficient (Wildman–Crippen LogP) is 4.00. The number of carbonyl (C=O) groups is 1. The van der Waals surface area contributed by atoms with E-state index in [9.17, 15) is 13.6 Å². The number of nitrogens with one attached hydrogen (secondary N) is 1. The number of rotatable bonds is 8. The number of carbonyl (C=O) groups excluding carboxylic acids is 1. The largest absolute Gasteiger partial charge is 0.493 e. The molecule has 1 N–H and O–H groups in total. The molecule has 0 unspecified atom stereocenters. The monoisotopic (exact) mass is 397 g/mol. The van der Waals surface area contributed by atoms with Crippen LogP contribution in [-0.2, 0) is 11.2 Å². The van der Waals surface area contributed by atoms with Gasteiger partial charge in [-0.2, -0.15) is 8.78 Å². The van der Waals surface area contributed by atoms with E-state index in [1.807, 2.05) is 20.1 Å². The lowest BCUT2D eigenvalue weighted by Crippen LogP contribution is -2.14. The Kier molecular flexibility index (Phi) is 7.35. The van der Waals surface area contributed by atoms with E-state index < -0.39 is 6.61 Å². The summed E-state index contributed by atoms with van der Waals surface area (Å²) in [7, 11) is 1.35. The van der Waals surface area contributed by atoms with E-state index in [1.165, 1.54) is 31.0 Å². The number of halogens is 2. The van der Waals surface area contributed by atoms with E-state index in [4.69, 9.17) is 4.74 Å². The average Bonchev–Trinajstić information content (AvgIpc) is 2.60. The van der Waals surface area contributed by atoms with Gasteiger partial charge in [-0.3, -0.25) is 4.79 Å². The van der Waals surface area contributed by atoms with Crippen molar-refractivity contribution in [2.75, 3.05) is 18.7 Å². The van der Waals surface area contributed by atoms with Crippen molar-refractivity contribution in [1.82, 2.24) is 9.97 Å². The number of benzene rings is 1. The molecule has 6 nitrogen and oxygen atoms in total. The van der Waals surface area contributed by atoms with Crippen molar-refractivity contribution in [2.24, 2.45) is 0 Å². The van der Waals surface area contributed by atoms with Gasteiger partial charge in [-0.05, 0) is 44.2 Å². The van der Waals surface area contributed by atoms with Crippen LogP contribution in [0.2, 0.25) is 0 Å². The van der Waals surface area contributed by atoms with Crippen molar-refractivity contribution in [3.05, 3.63) is 35.2 Å². The smallest absolute Gasteiger partial charge is 0.387 e. The summed E-state index contributed by atoms with van der Waals surface area (Å²) in [5.41, 5.74) is 2.96. The second kappa shape index (κ2) is 9.50. The molecule has 0 fully saturated rings. The van der Waals surface area contributed by atoms with Gasteiger partial charge in [-0.15, -0.1) is 0 Å². The first-order valence-electron chi connectivity index (χ1n) is 8.14. The van der Waals surface area contributed by atoms with E-state index in [0.717, 1.165) is 17.0 Å². The lowest BCUT2D eigenvalue weighted by Gasteiger charge is -2.13. The molecule has 0 radical (unpaired) electrons. The van der Waals surface area contributed by atoms with Crippen molar-refractivity contribution in [2.45, 2.75) is 38.5 Å². The number of hydrogen-bond acceptors (Lipinski definition) is 6. The Morgan fingerprint density at radius 2 is 1.89 bits per heavy atom. The molecule has 0 aliphatic carbocycles. The Morgan fingerprint density at radius 3 is 2.44 bits per heavy atom. The van der Waals surface area contributed by atoms with Gasteiger partial charge in [-0.25, -0.2) is 9.97 Å². The highest BCUT2D eigenvalue weighted by molar-refractivity contribution is 7.98. The normalized spacial score (nSPS) is 10.8. The average molecular weight is 397 g/mol. The molecular formula is C18H21F2N3O3S. The highest BCUT2D eigenvalue weighted by Gasteiger charge is 2.14. The zero-order valence-corrected chi connectivity index (χ0v) is 16.3. The minimum absolute atomic E-state index is 0.141. The summed E-state index contributed by atoms with van der Waals surface area (Å²) >= 11 is 1.46. The molecule has 0 saturated heterocycles. The minimum atomic E-state index is -2.99. The first-order valence-corrected chi connectivity index (χ1v) is 9.37. The van der Waals surface area contributed by atoms with Gasteiger partial charge >= 0.3 is 6.61 Å². The van der Waals surface area contributed by atoms with Crippen molar-refractivity contribution in [3.63, 3.8) is 0 Å². The molecule has 1 aromatic heterocycles. The Hall–Kier alpha value is -2.42. The molecule has 146 valence electrons. The molecule has 0 bridgehead atoms. The van der Waals surface area contributed by atoms with Crippen molar-refractivity contribution >= 4 is 23.4 Å². The van der Waals surface area contributed by atoms with Crippen LogP contribution in [0.3, 0.4) is 0 Å². The van der Waals surface area contributed by atoms with E-state index in [0.29, 0.717) is 17.3 Å². The van der Waals surface area contributed by atoms with Crippen LogP contribution in [0.1, 0.15) is 23.4 Å². The number of nitrogens with zero attached hydrogens (tertiary/aromatic N) is 2. The number of hydrogen-bond donors (Lipinski definition) is 1. The molecule has 1 aromatic carbocycles. The maximum atomic E-state index is 12.5. The summed E-state index contributed by atoms with van der Waals surface area (Å²) in [6, 6.07) is 4.31. The fourth-order valence-corrected chi connectivity index (χ4v) is 3.02. The molecule has 0 saturated carbocycles. The molecule has 9 heteroatoms. The molecule has 0 aliphatic heterocycles. The summed E-state index contributed by atoms with van der Waals surface area (Å²) in [6.45, 7) is 0.790. The summed E-state index contributed by atoms with van der Waals surface area (Å²) in [4.78, 5) is 21.0. The van der Waals surface area contributed by atoms with Crippen molar-refractivity contribution < 1.29 is 23.0 Å². The van der Waals surface area contributed by atoms with Gasteiger partial charge < -0.3 is 14.8 Å². The first kappa shape index (κ1) is 20.9. The summed E-state index contributed by atoms with van der Waals surface area (Å²) < 4.78 is 34.4. The fraction of sp³-hybridized carbons (Fsp3) is 0.389. The fourth-order valence-electron chi connectivity index (χ4n) is 2.57. The van der Waals surface area contributed by atoms with Crippen LogP contribution in [-0.4, -0.2) is 35.9 Å². The number of alkyl halides is 2. The van der Waals surface area contributed by atoms with Gasteiger partial charge in [0.25, 0.3) is 0 Å². The van der Waals surface area contributed by atoms with Crippen LogP contribution in [0, 0.1) is 13.8 Å². The predicted molar refractivity (Wildman–Crippen MR) is 99.9 cm³/mol. The van der Waals surface area contributed by atoms with Gasteiger partial charge in [0, 0.05) is 29.6 Å². The number of anilines is 1. The molecule has 0 spiro atoms. The Bertz CT molecular complexity index is 795. The number of aryl methyl sites for hydroxylation is 2. The lowest BCUT2D eigenvalue weighted by atomic mass is 10.1. The van der Waals surface area contributed by atoms with Crippen LogP contribution < -0.4 is 14.8 Å². The van der Waals surface area contributed by atoms with Gasteiger partial charge in [0.15, 0.2) is 16.7 Å². The number of aromatic nitrogens is 2. The van der Waals surface area contributed by atoms with Crippen LogP contribution in [0.25, 0.3) is 0 Å². The molecule has 2 aromatic rings. The highest BCUT2D eigenvalue weighted by Crippen LogP contribution is 2.31. The van der Waals surface area contributed by atoms with E-state index >= 15 is 0 Å². The van der Waals surface area contributed by atoms with Crippen LogP contribution in [0.5, 0.6) is 11.5 Å². The molecule has 1 amide bonds. The minimum Gasteiger partial charge on any atom is -0.493 e. The number of thioether (sulfide) groups is 1. The molecule has 1 heterocycles. The Morgan fingerprint density at radius 1 is 1.22 bits per heavy atom. The SMILES string of the molecule is COc1ccc(NC(=O)CCc2c(C)nc(SC)nc2C)cc1OC(F)F. The van der Waals surface area contributed by atoms with Crippen LogP contribution >= 0.6 is 11.8 Å². The van der Waals surface area contributed by atoms with E-state index in [1.54, 1.807) is 6.07 Å². The molecule has 0 atom stereocenters. The highest BCUT2D eigenvalue weighted by atomic mass is 32.2. The molecule has 2 rings (SSSR count). The number of ether oxygens (including phenoxy) is 2. The molecule has 0 aliphatic rings. The number of amides is 1.